The highest BCUT2D eigenvalue weighted by Gasteiger charge is 2.25. The van der Waals surface area contributed by atoms with Crippen LogP contribution in [0.4, 0.5) is 0 Å². The third-order valence-electron chi connectivity index (χ3n) is 3.73. The molecule has 1 aromatic rings. The van der Waals surface area contributed by atoms with Gasteiger partial charge in [-0.3, -0.25) is 0 Å². The SMILES string of the molecule is Cc1ccc(S(=O)(=O)CC2CCC(N)CC2)cc1.Cl. The summed E-state index contributed by atoms with van der Waals surface area (Å²) < 4.78 is 24.5. The number of benzene rings is 1. The maximum Gasteiger partial charge on any atom is 0.178 e. The molecule has 1 aliphatic carbocycles. The number of aryl methyl sites for hydroxylation is 1. The van der Waals surface area contributed by atoms with Crippen LogP contribution in [0.15, 0.2) is 29.2 Å². The zero-order valence-electron chi connectivity index (χ0n) is 11.2. The van der Waals surface area contributed by atoms with Gasteiger partial charge >= 0.3 is 0 Å². The van der Waals surface area contributed by atoms with Gasteiger partial charge in [-0.25, -0.2) is 8.42 Å². The van der Waals surface area contributed by atoms with E-state index in [-0.39, 0.29) is 30.1 Å². The van der Waals surface area contributed by atoms with E-state index in [1.54, 1.807) is 12.1 Å². The molecule has 1 aliphatic rings. The molecule has 0 radical (unpaired) electrons. The minimum Gasteiger partial charge on any atom is -0.328 e. The highest BCUT2D eigenvalue weighted by molar-refractivity contribution is 7.91. The molecule has 0 saturated heterocycles. The van der Waals surface area contributed by atoms with E-state index in [4.69, 9.17) is 5.73 Å². The summed E-state index contributed by atoms with van der Waals surface area (Å²) in [5.41, 5.74) is 6.92. The number of hydrogen-bond donors (Lipinski definition) is 1. The Morgan fingerprint density at radius 2 is 1.63 bits per heavy atom. The molecule has 0 amide bonds. The fourth-order valence-electron chi connectivity index (χ4n) is 2.51. The van der Waals surface area contributed by atoms with Crippen LogP contribution in [0.25, 0.3) is 0 Å². The Kier molecular flexibility index (Phi) is 5.83. The summed E-state index contributed by atoms with van der Waals surface area (Å²) in [6, 6.07) is 7.38. The van der Waals surface area contributed by atoms with Crippen LogP contribution in [-0.4, -0.2) is 20.2 Å². The van der Waals surface area contributed by atoms with E-state index in [0.29, 0.717) is 4.90 Å². The van der Waals surface area contributed by atoms with Gasteiger partial charge in [0.1, 0.15) is 0 Å². The summed E-state index contributed by atoms with van der Waals surface area (Å²) in [6.07, 6.45) is 3.78. The predicted molar refractivity (Wildman–Crippen MR) is 80.4 cm³/mol. The maximum absolute atomic E-state index is 12.3. The molecule has 0 heterocycles. The molecule has 3 nitrogen and oxygen atoms in total. The van der Waals surface area contributed by atoms with Crippen molar-refractivity contribution in [1.82, 2.24) is 0 Å². The normalized spacial score (nSPS) is 23.7. The van der Waals surface area contributed by atoms with Crippen molar-refractivity contribution >= 4 is 22.2 Å². The van der Waals surface area contributed by atoms with E-state index in [1.165, 1.54) is 0 Å². The van der Waals surface area contributed by atoms with Gasteiger partial charge in [-0.2, -0.15) is 0 Å². The van der Waals surface area contributed by atoms with Gasteiger partial charge in [-0.1, -0.05) is 17.7 Å². The molecule has 0 unspecified atom stereocenters. The lowest BCUT2D eigenvalue weighted by Crippen LogP contribution is -2.29. The van der Waals surface area contributed by atoms with Crippen LogP contribution < -0.4 is 5.73 Å². The summed E-state index contributed by atoms with van der Waals surface area (Å²) in [7, 11) is -3.13. The Morgan fingerprint density at radius 3 is 2.16 bits per heavy atom. The molecule has 0 bridgehead atoms. The van der Waals surface area contributed by atoms with Crippen LogP contribution in [0.2, 0.25) is 0 Å². The Hall–Kier alpha value is -0.580. The zero-order chi connectivity index (χ0) is 13.2. The third-order valence-corrected chi connectivity index (χ3v) is 5.63. The smallest absolute Gasteiger partial charge is 0.178 e. The topological polar surface area (TPSA) is 60.2 Å². The van der Waals surface area contributed by atoms with Gasteiger partial charge in [0.05, 0.1) is 10.6 Å². The minimum atomic E-state index is -3.13. The molecule has 108 valence electrons. The number of nitrogens with two attached hydrogens (primary N) is 1. The zero-order valence-corrected chi connectivity index (χ0v) is 12.8. The first-order valence-corrected chi connectivity index (χ1v) is 8.17. The maximum atomic E-state index is 12.3. The molecule has 1 fully saturated rings. The molecule has 19 heavy (non-hydrogen) atoms. The van der Waals surface area contributed by atoms with Gasteiger partial charge in [0.15, 0.2) is 9.84 Å². The van der Waals surface area contributed by atoms with Crippen molar-refractivity contribution in [2.24, 2.45) is 11.7 Å². The van der Waals surface area contributed by atoms with Crippen molar-refractivity contribution in [3.8, 4) is 0 Å². The van der Waals surface area contributed by atoms with Gasteiger partial charge in [0.2, 0.25) is 0 Å². The van der Waals surface area contributed by atoms with Crippen molar-refractivity contribution in [3.63, 3.8) is 0 Å². The lowest BCUT2D eigenvalue weighted by Gasteiger charge is -2.25. The molecule has 0 aliphatic heterocycles. The summed E-state index contributed by atoms with van der Waals surface area (Å²) >= 11 is 0. The van der Waals surface area contributed by atoms with E-state index in [1.807, 2.05) is 19.1 Å². The average molecular weight is 304 g/mol. The number of hydrogen-bond acceptors (Lipinski definition) is 3. The summed E-state index contributed by atoms with van der Waals surface area (Å²) in [5.74, 6) is 0.541. The van der Waals surface area contributed by atoms with E-state index < -0.39 is 9.84 Å². The number of halogens is 1. The Bertz CT molecular complexity index is 491. The van der Waals surface area contributed by atoms with Crippen molar-refractivity contribution in [3.05, 3.63) is 29.8 Å². The standard InChI is InChI=1S/C14H21NO2S.ClH/c1-11-2-8-14(9-3-11)18(16,17)10-12-4-6-13(15)7-5-12;/h2-3,8-9,12-13H,4-7,10,15H2,1H3;1H. The largest absolute Gasteiger partial charge is 0.328 e. The van der Waals surface area contributed by atoms with E-state index in [2.05, 4.69) is 0 Å². The predicted octanol–water partition coefficient (Wildman–Crippen LogP) is 2.71. The first-order chi connectivity index (χ1) is 8.47. The second kappa shape index (κ2) is 6.73. The molecule has 2 N–H and O–H groups in total. The summed E-state index contributed by atoms with van der Waals surface area (Å²) in [6.45, 7) is 1.96. The van der Waals surface area contributed by atoms with E-state index >= 15 is 0 Å². The molecule has 0 atom stereocenters. The average Bonchev–Trinajstić information content (AvgIpc) is 2.32. The summed E-state index contributed by atoms with van der Waals surface area (Å²) in [4.78, 5) is 0.447. The highest BCUT2D eigenvalue weighted by Crippen LogP contribution is 2.26. The van der Waals surface area contributed by atoms with Crippen molar-refractivity contribution in [1.29, 1.82) is 0 Å². The molecule has 1 saturated carbocycles. The van der Waals surface area contributed by atoms with Crippen LogP contribution in [0.5, 0.6) is 0 Å². The van der Waals surface area contributed by atoms with Gasteiger partial charge in [0, 0.05) is 6.04 Å². The number of sulfone groups is 1. The highest BCUT2D eigenvalue weighted by atomic mass is 35.5. The van der Waals surface area contributed by atoms with Crippen LogP contribution in [0.1, 0.15) is 31.2 Å². The molecular weight excluding hydrogens is 282 g/mol. The van der Waals surface area contributed by atoms with Gasteiger partial charge in [-0.15, -0.1) is 12.4 Å². The monoisotopic (exact) mass is 303 g/mol. The third kappa shape index (κ3) is 4.48. The van der Waals surface area contributed by atoms with Gasteiger partial charge in [-0.05, 0) is 50.7 Å². The van der Waals surface area contributed by atoms with Crippen LogP contribution in [0.3, 0.4) is 0 Å². The van der Waals surface area contributed by atoms with Crippen molar-refractivity contribution in [2.75, 3.05) is 5.75 Å². The Morgan fingerprint density at radius 1 is 1.11 bits per heavy atom. The fourth-order valence-corrected chi connectivity index (χ4v) is 4.20. The molecule has 0 aromatic heterocycles. The van der Waals surface area contributed by atoms with Gasteiger partial charge in [0.25, 0.3) is 0 Å². The molecule has 0 spiro atoms. The minimum absolute atomic E-state index is 0. The Balaban J connectivity index is 0.00000180. The molecule has 5 heteroatoms. The Labute approximate surface area is 121 Å². The molecule has 1 aromatic carbocycles. The number of rotatable bonds is 3. The van der Waals surface area contributed by atoms with E-state index in [0.717, 1.165) is 31.2 Å². The van der Waals surface area contributed by atoms with Gasteiger partial charge < -0.3 is 5.73 Å². The van der Waals surface area contributed by atoms with Crippen LogP contribution >= 0.6 is 12.4 Å². The summed E-state index contributed by atoms with van der Waals surface area (Å²) in [5, 5.41) is 0. The van der Waals surface area contributed by atoms with E-state index in [9.17, 15) is 8.42 Å². The van der Waals surface area contributed by atoms with Crippen molar-refractivity contribution < 1.29 is 8.42 Å². The van der Waals surface area contributed by atoms with Crippen LogP contribution in [-0.2, 0) is 9.84 Å². The molecular formula is C14H22ClNO2S. The quantitative estimate of drug-likeness (QED) is 0.934. The second-order valence-corrected chi connectivity index (χ2v) is 7.41. The first kappa shape index (κ1) is 16.5. The lowest BCUT2D eigenvalue weighted by molar-refractivity contribution is 0.348. The second-order valence-electron chi connectivity index (χ2n) is 5.38. The fraction of sp³-hybridized carbons (Fsp3) is 0.571. The lowest BCUT2D eigenvalue weighted by atomic mass is 9.88. The van der Waals surface area contributed by atoms with Crippen LogP contribution in [0, 0.1) is 12.8 Å². The first-order valence-electron chi connectivity index (χ1n) is 6.52. The molecule has 2 rings (SSSR count). The van der Waals surface area contributed by atoms with Crippen molar-refractivity contribution in [2.45, 2.75) is 43.5 Å².